The van der Waals surface area contributed by atoms with Gasteiger partial charge in [0.1, 0.15) is 5.75 Å². The third kappa shape index (κ3) is 8.72. The Balaban J connectivity index is 0.000000292. The Morgan fingerprint density at radius 2 is 1.57 bits per heavy atom. The van der Waals surface area contributed by atoms with Gasteiger partial charge in [0, 0.05) is 5.69 Å². The highest BCUT2D eigenvalue weighted by atomic mass is 32.3. The molecule has 0 aliphatic rings. The number of rotatable bonds is 1. The molecule has 0 bridgehead atoms. The summed E-state index contributed by atoms with van der Waals surface area (Å²) in [6.45, 7) is 0. The van der Waals surface area contributed by atoms with Crippen LogP contribution in [0.3, 0.4) is 0 Å². The Labute approximate surface area is 80.8 Å². The van der Waals surface area contributed by atoms with Gasteiger partial charge in [-0.2, -0.15) is 8.42 Å². The molecule has 0 radical (unpaired) electrons. The highest BCUT2D eigenvalue weighted by Crippen LogP contribution is 2.11. The van der Waals surface area contributed by atoms with E-state index in [9.17, 15) is 7.77 Å². The summed E-state index contributed by atoms with van der Waals surface area (Å²) in [7, 11) is -4.04. The summed E-state index contributed by atoms with van der Waals surface area (Å²) in [4.78, 5) is 0. The van der Waals surface area contributed by atoms with Gasteiger partial charge in [-0.1, -0.05) is 7.77 Å². The van der Waals surface area contributed by atoms with Gasteiger partial charge in [-0.15, -0.1) is 0 Å². The van der Waals surface area contributed by atoms with Crippen molar-refractivity contribution in [1.82, 2.24) is 0 Å². The second-order valence-corrected chi connectivity index (χ2v) is 2.91. The summed E-state index contributed by atoms with van der Waals surface area (Å²) in [5.74, 6) is 0.837. The van der Waals surface area contributed by atoms with Crippen LogP contribution >= 0.6 is 0 Å². The van der Waals surface area contributed by atoms with Gasteiger partial charge in [-0.25, -0.2) is 0 Å². The highest BCUT2D eigenvalue weighted by molar-refractivity contribution is 7.81. The van der Waals surface area contributed by atoms with Gasteiger partial charge in [0.2, 0.25) is 0 Å². The molecular weight excluding hydrogens is 216 g/mol. The van der Waals surface area contributed by atoms with E-state index in [4.69, 9.17) is 18.9 Å². The minimum Gasteiger partial charge on any atom is -0.497 e. The van der Waals surface area contributed by atoms with Crippen LogP contribution in [0.15, 0.2) is 24.3 Å². The standard InChI is InChI=1S/C7H9NO.F2O2S/c1-9-7-4-2-6(8)3-5-7;1-5(2,3)4/h2-5H,8H2,1H3;. The molecule has 0 aliphatic carbocycles. The van der Waals surface area contributed by atoms with Crippen molar-refractivity contribution < 1.29 is 20.9 Å². The Hall–Kier alpha value is -1.37. The van der Waals surface area contributed by atoms with E-state index < -0.39 is 10.6 Å². The van der Waals surface area contributed by atoms with Gasteiger partial charge in [-0.05, 0) is 24.3 Å². The summed E-state index contributed by atoms with van der Waals surface area (Å²) in [6.07, 6.45) is 0. The van der Waals surface area contributed by atoms with Crippen LogP contribution in [0.5, 0.6) is 5.75 Å². The lowest BCUT2D eigenvalue weighted by atomic mass is 10.3. The number of halogens is 2. The number of hydrogen-bond donors (Lipinski definition) is 1. The lowest BCUT2D eigenvalue weighted by Crippen LogP contribution is -1.84. The van der Waals surface area contributed by atoms with Gasteiger partial charge >= 0.3 is 10.6 Å². The van der Waals surface area contributed by atoms with Gasteiger partial charge in [-0.3, -0.25) is 0 Å². The van der Waals surface area contributed by atoms with E-state index >= 15 is 0 Å². The van der Waals surface area contributed by atoms with Crippen molar-refractivity contribution in [3.63, 3.8) is 0 Å². The Morgan fingerprint density at radius 3 is 1.86 bits per heavy atom. The fourth-order valence-electron chi connectivity index (χ4n) is 0.604. The van der Waals surface area contributed by atoms with Crippen LogP contribution in [0.1, 0.15) is 0 Å². The van der Waals surface area contributed by atoms with Crippen molar-refractivity contribution in [3.05, 3.63) is 24.3 Å². The molecule has 0 fully saturated rings. The largest absolute Gasteiger partial charge is 0.497 e. The summed E-state index contributed by atoms with van der Waals surface area (Å²) in [6, 6.07) is 7.27. The maximum Gasteiger partial charge on any atom is 0.476 e. The SMILES string of the molecule is COc1ccc(N)cc1.O=S(=O)(F)F. The van der Waals surface area contributed by atoms with E-state index in [-0.39, 0.29) is 0 Å². The normalized spacial score (nSPS) is 9.93. The zero-order valence-electron chi connectivity index (χ0n) is 7.28. The predicted molar refractivity (Wildman–Crippen MR) is 48.5 cm³/mol. The zero-order valence-corrected chi connectivity index (χ0v) is 8.09. The molecular formula is C7H9F2NO3S. The van der Waals surface area contributed by atoms with Crippen molar-refractivity contribution in [2.45, 2.75) is 0 Å². The number of ether oxygens (including phenoxy) is 1. The van der Waals surface area contributed by atoms with Crippen molar-refractivity contribution >= 4 is 16.3 Å². The zero-order chi connectivity index (χ0) is 11.2. The van der Waals surface area contributed by atoms with Crippen molar-refractivity contribution in [2.75, 3.05) is 12.8 Å². The van der Waals surface area contributed by atoms with Crippen LogP contribution in [-0.4, -0.2) is 15.5 Å². The summed E-state index contributed by atoms with van der Waals surface area (Å²) < 4.78 is 41.5. The Morgan fingerprint density at radius 1 is 1.21 bits per heavy atom. The second kappa shape index (κ2) is 5.38. The molecule has 1 rings (SSSR count). The third-order valence-electron chi connectivity index (χ3n) is 1.12. The van der Waals surface area contributed by atoms with E-state index in [2.05, 4.69) is 0 Å². The minimum atomic E-state index is -5.67. The van der Waals surface area contributed by atoms with Crippen LogP contribution in [0, 0.1) is 0 Å². The van der Waals surface area contributed by atoms with Crippen molar-refractivity contribution in [2.24, 2.45) is 0 Å². The summed E-state index contributed by atoms with van der Waals surface area (Å²) >= 11 is 0. The summed E-state index contributed by atoms with van der Waals surface area (Å²) in [5, 5.41) is 0. The van der Waals surface area contributed by atoms with Gasteiger partial charge in [0.25, 0.3) is 0 Å². The van der Waals surface area contributed by atoms with Crippen LogP contribution < -0.4 is 10.5 Å². The Bertz CT molecular complexity index is 355. The average Bonchev–Trinajstić information content (AvgIpc) is 2.03. The van der Waals surface area contributed by atoms with Crippen LogP contribution in [0.2, 0.25) is 0 Å². The molecule has 0 amide bonds. The molecule has 0 spiro atoms. The number of hydrogen-bond acceptors (Lipinski definition) is 4. The number of anilines is 1. The molecule has 1 aromatic carbocycles. The first-order valence-corrected chi connectivity index (χ1v) is 4.65. The molecule has 0 aliphatic heterocycles. The number of methoxy groups -OCH3 is 1. The lowest BCUT2D eigenvalue weighted by molar-refractivity contribution is 0.415. The molecule has 1 aromatic rings. The maximum atomic E-state index is 9.99. The molecule has 0 saturated heterocycles. The van der Waals surface area contributed by atoms with E-state index in [0.29, 0.717) is 0 Å². The molecule has 0 atom stereocenters. The quantitative estimate of drug-likeness (QED) is 0.580. The number of benzene rings is 1. The van der Waals surface area contributed by atoms with Crippen LogP contribution in [0.4, 0.5) is 13.5 Å². The molecule has 4 nitrogen and oxygen atoms in total. The molecule has 7 heteroatoms. The second-order valence-electron chi connectivity index (χ2n) is 2.15. The fraction of sp³-hybridized carbons (Fsp3) is 0.143. The first-order chi connectivity index (χ1) is 6.33. The number of nitrogens with two attached hydrogens (primary N) is 1. The van der Waals surface area contributed by atoms with Crippen molar-refractivity contribution in [3.8, 4) is 5.75 Å². The van der Waals surface area contributed by atoms with Gasteiger partial charge in [0.05, 0.1) is 7.11 Å². The molecule has 0 aromatic heterocycles. The van der Waals surface area contributed by atoms with E-state index in [0.717, 1.165) is 11.4 Å². The van der Waals surface area contributed by atoms with E-state index in [1.54, 1.807) is 19.2 Å². The molecule has 0 unspecified atom stereocenters. The summed E-state index contributed by atoms with van der Waals surface area (Å²) in [5.41, 5.74) is 6.19. The molecule has 80 valence electrons. The van der Waals surface area contributed by atoms with Crippen molar-refractivity contribution in [1.29, 1.82) is 0 Å². The molecule has 0 heterocycles. The van der Waals surface area contributed by atoms with E-state index in [1.807, 2.05) is 12.1 Å². The molecule has 2 N–H and O–H groups in total. The monoisotopic (exact) mass is 225 g/mol. The first-order valence-electron chi connectivity index (χ1n) is 3.36. The minimum absolute atomic E-state index is 0.760. The lowest BCUT2D eigenvalue weighted by Gasteiger charge is -1.97. The first kappa shape index (κ1) is 12.6. The van der Waals surface area contributed by atoms with Gasteiger partial charge < -0.3 is 10.5 Å². The number of nitrogen functional groups attached to an aromatic ring is 1. The Kier molecular flexibility index (Phi) is 4.85. The molecule has 14 heavy (non-hydrogen) atoms. The highest BCUT2D eigenvalue weighted by Gasteiger charge is 1.94. The van der Waals surface area contributed by atoms with Crippen LogP contribution in [0.25, 0.3) is 0 Å². The maximum absolute atomic E-state index is 9.99. The van der Waals surface area contributed by atoms with Crippen LogP contribution in [-0.2, 0) is 10.6 Å². The fourth-order valence-corrected chi connectivity index (χ4v) is 0.604. The predicted octanol–water partition coefficient (Wildman–Crippen LogP) is 1.45. The van der Waals surface area contributed by atoms with E-state index in [1.165, 1.54) is 0 Å². The molecule has 0 saturated carbocycles. The third-order valence-corrected chi connectivity index (χ3v) is 1.12. The smallest absolute Gasteiger partial charge is 0.476 e. The van der Waals surface area contributed by atoms with Gasteiger partial charge in [0.15, 0.2) is 0 Å². The topological polar surface area (TPSA) is 69.4 Å². The average molecular weight is 225 g/mol.